The van der Waals surface area contributed by atoms with Crippen molar-refractivity contribution < 1.29 is 14.1 Å². The Morgan fingerprint density at radius 3 is 2.68 bits per heavy atom. The second-order valence-electron chi connectivity index (χ2n) is 5.87. The van der Waals surface area contributed by atoms with Crippen molar-refractivity contribution >= 4 is 23.4 Å². The Morgan fingerprint density at radius 1 is 1.32 bits per heavy atom. The molecule has 0 saturated carbocycles. The number of aromatic nitrogens is 1. The van der Waals surface area contributed by atoms with Gasteiger partial charge in [-0.05, 0) is 24.6 Å². The number of hydrogen-bond donors (Lipinski definition) is 2. The van der Waals surface area contributed by atoms with Gasteiger partial charge in [0, 0.05) is 30.7 Å². The Hall–Kier alpha value is -2.09. The highest BCUT2D eigenvalue weighted by Crippen LogP contribution is 2.23. The Bertz CT molecular complexity index is 698. The standard InChI is InChI=1S/C17H21ClN4O3/c1-12-10-16(21-25-12)20-17(23)19-11-15(22-6-8-24-9-7-22)13-2-4-14(18)5-3-13/h2-5,10,15H,6-9,11H2,1H3,(H2,19,20,21,23)/t15-/m0/s1. The van der Waals surface area contributed by atoms with Gasteiger partial charge in [0.1, 0.15) is 5.76 Å². The van der Waals surface area contributed by atoms with E-state index in [1.807, 2.05) is 24.3 Å². The summed E-state index contributed by atoms with van der Waals surface area (Å²) in [4.78, 5) is 14.4. The number of carbonyl (C=O) groups excluding carboxylic acids is 1. The largest absolute Gasteiger partial charge is 0.379 e. The number of ether oxygens (including phenoxy) is 1. The third-order valence-electron chi connectivity index (χ3n) is 4.07. The number of carbonyl (C=O) groups is 1. The summed E-state index contributed by atoms with van der Waals surface area (Å²) in [6.45, 7) is 5.25. The molecule has 1 fully saturated rings. The third-order valence-corrected chi connectivity index (χ3v) is 4.32. The van der Waals surface area contributed by atoms with Crippen molar-refractivity contribution in [3.63, 3.8) is 0 Å². The molecule has 2 aromatic rings. The SMILES string of the molecule is Cc1cc(NC(=O)NC[C@@H](c2ccc(Cl)cc2)N2CCOCC2)no1. The molecule has 1 atom stereocenters. The van der Waals surface area contributed by atoms with Crippen LogP contribution in [0.3, 0.4) is 0 Å². The summed E-state index contributed by atoms with van der Waals surface area (Å²) in [5, 5.41) is 10.0. The fraction of sp³-hybridized carbons (Fsp3) is 0.412. The Labute approximate surface area is 151 Å². The lowest BCUT2D eigenvalue weighted by atomic mass is 10.0. The van der Waals surface area contributed by atoms with E-state index in [-0.39, 0.29) is 12.1 Å². The van der Waals surface area contributed by atoms with Gasteiger partial charge in [0.15, 0.2) is 5.82 Å². The van der Waals surface area contributed by atoms with Gasteiger partial charge in [0.2, 0.25) is 0 Å². The number of hydrogen-bond acceptors (Lipinski definition) is 5. The van der Waals surface area contributed by atoms with Crippen LogP contribution < -0.4 is 10.6 Å². The summed E-state index contributed by atoms with van der Waals surface area (Å²) in [5.74, 6) is 1.03. The van der Waals surface area contributed by atoms with Gasteiger partial charge < -0.3 is 14.6 Å². The molecule has 8 heteroatoms. The third kappa shape index (κ3) is 4.94. The van der Waals surface area contributed by atoms with Gasteiger partial charge in [0.25, 0.3) is 0 Å². The first-order chi connectivity index (χ1) is 12.1. The van der Waals surface area contributed by atoms with Gasteiger partial charge in [0.05, 0.1) is 19.3 Å². The Balaban J connectivity index is 1.64. The molecule has 1 aliphatic rings. The zero-order valence-corrected chi connectivity index (χ0v) is 14.8. The molecule has 1 aromatic carbocycles. The van der Waals surface area contributed by atoms with Gasteiger partial charge in [-0.2, -0.15) is 0 Å². The number of morpholine rings is 1. The zero-order chi connectivity index (χ0) is 17.6. The lowest BCUT2D eigenvalue weighted by Crippen LogP contribution is -2.44. The van der Waals surface area contributed by atoms with E-state index in [4.69, 9.17) is 20.9 Å². The van der Waals surface area contributed by atoms with E-state index < -0.39 is 0 Å². The molecule has 134 valence electrons. The van der Waals surface area contributed by atoms with E-state index in [2.05, 4.69) is 20.7 Å². The smallest absolute Gasteiger partial charge is 0.320 e. The molecule has 0 aliphatic carbocycles. The Morgan fingerprint density at radius 2 is 2.04 bits per heavy atom. The van der Waals surface area contributed by atoms with Crippen molar-refractivity contribution in [2.24, 2.45) is 0 Å². The molecule has 7 nitrogen and oxygen atoms in total. The van der Waals surface area contributed by atoms with E-state index in [1.165, 1.54) is 0 Å². The van der Waals surface area contributed by atoms with Crippen molar-refractivity contribution in [3.8, 4) is 0 Å². The summed E-state index contributed by atoms with van der Waals surface area (Å²) in [6.07, 6.45) is 0. The maximum atomic E-state index is 12.1. The number of halogens is 1. The lowest BCUT2D eigenvalue weighted by molar-refractivity contribution is 0.0168. The normalized spacial score (nSPS) is 16.4. The first-order valence-electron chi connectivity index (χ1n) is 8.17. The topological polar surface area (TPSA) is 79.6 Å². The number of amides is 2. The predicted molar refractivity (Wildman–Crippen MR) is 94.8 cm³/mol. The molecule has 1 aliphatic heterocycles. The van der Waals surface area contributed by atoms with Crippen LogP contribution in [0, 0.1) is 6.92 Å². The molecule has 0 unspecified atom stereocenters. The van der Waals surface area contributed by atoms with Crippen LogP contribution in [-0.2, 0) is 4.74 Å². The highest BCUT2D eigenvalue weighted by molar-refractivity contribution is 6.30. The van der Waals surface area contributed by atoms with Crippen LogP contribution in [0.15, 0.2) is 34.9 Å². The minimum Gasteiger partial charge on any atom is -0.379 e. The monoisotopic (exact) mass is 364 g/mol. The fourth-order valence-corrected chi connectivity index (χ4v) is 2.93. The zero-order valence-electron chi connectivity index (χ0n) is 14.0. The average Bonchev–Trinajstić information content (AvgIpc) is 3.02. The molecule has 0 bridgehead atoms. The number of rotatable bonds is 5. The van der Waals surface area contributed by atoms with E-state index in [0.29, 0.717) is 36.4 Å². The molecule has 2 heterocycles. The summed E-state index contributed by atoms with van der Waals surface area (Å²) in [5.41, 5.74) is 1.10. The van der Waals surface area contributed by atoms with Gasteiger partial charge in [-0.3, -0.25) is 10.2 Å². The maximum Gasteiger partial charge on any atom is 0.320 e. The van der Waals surface area contributed by atoms with Crippen LogP contribution in [-0.4, -0.2) is 48.9 Å². The predicted octanol–water partition coefficient (Wildman–Crippen LogP) is 2.83. The van der Waals surface area contributed by atoms with Crippen LogP contribution in [0.2, 0.25) is 5.02 Å². The number of nitrogens with zero attached hydrogens (tertiary/aromatic N) is 2. The second-order valence-corrected chi connectivity index (χ2v) is 6.31. The average molecular weight is 365 g/mol. The van der Waals surface area contributed by atoms with Gasteiger partial charge >= 0.3 is 6.03 Å². The number of benzene rings is 1. The van der Waals surface area contributed by atoms with Crippen LogP contribution in [0.4, 0.5) is 10.6 Å². The van der Waals surface area contributed by atoms with Gasteiger partial charge in [-0.25, -0.2) is 4.79 Å². The van der Waals surface area contributed by atoms with Crippen molar-refractivity contribution in [2.45, 2.75) is 13.0 Å². The summed E-state index contributed by atoms with van der Waals surface area (Å²) in [6, 6.07) is 9.10. The molecule has 3 rings (SSSR count). The van der Waals surface area contributed by atoms with Crippen LogP contribution in [0.25, 0.3) is 0 Å². The molecule has 25 heavy (non-hydrogen) atoms. The summed E-state index contributed by atoms with van der Waals surface area (Å²) in [7, 11) is 0. The van der Waals surface area contributed by atoms with Crippen LogP contribution in [0.1, 0.15) is 17.4 Å². The van der Waals surface area contributed by atoms with E-state index in [0.717, 1.165) is 18.7 Å². The molecular formula is C17H21ClN4O3. The highest BCUT2D eigenvalue weighted by Gasteiger charge is 2.23. The maximum absolute atomic E-state index is 12.1. The van der Waals surface area contributed by atoms with E-state index >= 15 is 0 Å². The van der Waals surface area contributed by atoms with Gasteiger partial charge in [-0.1, -0.05) is 28.9 Å². The molecule has 0 radical (unpaired) electrons. The number of anilines is 1. The van der Waals surface area contributed by atoms with Crippen LogP contribution in [0.5, 0.6) is 0 Å². The summed E-state index contributed by atoms with van der Waals surface area (Å²) < 4.78 is 10.4. The second kappa shape index (κ2) is 8.33. The van der Waals surface area contributed by atoms with Crippen molar-refractivity contribution in [2.75, 3.05) is 38.2 Å². The first-order valence-corrected chi connectivity index (χ1v) is 8.55. The minimum atomic E-state index is -0.319. The first kappa shape index (κ1) is 17.7. The molecule has 2 amide bonds. The number of nitrogens with one attached hydrogen (secondary N) is 2. The highest BCUT2D eigenvalue weighted by atomic mass is 35.5. The number of urea groups is 1. The lowest BCUT2D eigenvalue weighted by Gasteiger charge is -2.34. The molecular weight excluding hydrogens is 344 g/mol. The van der Waals surface area contributed by atoms with Crippen molar-refractivity contribution in [1.82, 2.24) is 15.4 Å². The van der Waals surface area contributed by atoms with Crippen LogP contribution >= 0.6 is 11.6 Å². The van der Waals surface area contributed by atoms with Crippen molar-refractivity contribution in [1.29, 1.82) is 0 Å². The van der Waals surface area contributed by atoms with E-state index in [1.54, 1.807) is 13.0 Å². The Kier molecular flexibility index (Phi) is 5.91. The summed E-state index contributed by atoms with van der Waals surface area (Å²) >= 11 is 5.99. The quantitative estimate of drug-likeness (QED) is 0.852. The minimum absolute atomic E-state index is 0.0472. The fourth-order valence-electron chi connectivity index (χ4n) is 2.81. The van der Waals surface area contributed by atoms with Gasteiger partial charge in [-0.15, -0.1) is 0 Å². The number of aryl methyl sites for hydroxylation is 1. The molecule has 2 N–H and O–H groups in total. The molecule has 0 spiro atoms. The van der Waals surface area contributed by atoms with Crippen molar-refractivity contribution in [3.05, 3.63) is 46.7 Å². The van der Waals surface area contributed by atoms with E-state index in [9.17, 15) is 4.79 Å². The molecule has 1 aromatic heterocycles. The molecule has 1 saturated heterocycles.